The molecule has 2 atom stereocenters. The molecule has 2 aromatic rings. The van der Waals surface area contributed by atoms with Crippen LogP contribution in [0.5, 0.6) is 5.75 Å². The second-order valence-electron chi connectivity index (χ2n) is 6.35. The summed E-state index contributed by atoms with van der Waals surface area (Å²) in [5, 5.41) is 25.7. The molecule has 0 saturated carbocycles. The molecule has 7 heteroatoms. The lowest BCUT2D eigenvalue weighted by atomic mass is 10.2. The number of carbonyl (C=O) groups is 1. The molecule has 0 radical (unpaired) electrons. The predicted molar refractivity (Wildman–Crippen MR) is 112 cm³/mol. The Labute approximate surface area is 170 Å². The third kappa shape index (κ3) is 8.31. The third-order valence-corrected chi connectivity index (χ3v) is 5.11. The number of ether oxygens (including phenoxy) is 1. The number of amides is 1. The second kappa shape index (κ2) is 12.4. The quantitative estimate of drug-likeness (QED) is 0.404. The number of thioether (sulfide) groups is 1. The highest BCUT2D eigenvalue weighted by atomic mass is 32.2. The van der Waals surface area contributed by atoms with Crippen LogP contribution in [0.1, 0.15) is 12.0 Å². The average molecular weight is 405 g/mol. The van der Waals surface area contributed by atoms with E-state index in [-0.39, 0.29) is 6.54 Å². The lowest BCUT2D eigenvalue weighted by Crippen LogP contribution is -2.42. The molecule has 0 fully saturated rings. The van der Waals surface area contributed by atoms with E-state index in [0.29, 0.717) is 25.3 Å². The van der Waals surface area contributed by atoms with Crippen molar-refractivity contribution in [2.24, 2.45) is 0 Å². The molecule has 0 saturated heterocycles. The van der Waals surface area contributed by atoms with Crippen LogP contribution in [0.2, 0.25) is 0 Å². The van der Waals surface area contributed by atoms with Crippen LogP contribution in [0, 0.1) is 0 Å². The zero-order valence-corrected chi connectivity index (χ0v) is 16.8. The van der Waals surface area contributed by atoms with Gasteiger partial charge in [-0.15, -0.1) is 11.8 Å². The normalized spacial score (nSPS) is 13.0. The molecule has 1 amide bonds. The molecule has 0 heterocycles. The fourth-order valence-electron chi connectivity index (χ4n) is 2.51. The maximum Gasteiger partial charge on any atom is 0.248 e. The SMILES string of the molecule is COc1cccc(CNCC(O)CNC(=O)C(O)CCSc2ccccc2)c1. The van der Waals surface area contributed by atoms with Gasteiger partial charge in [0.15, 0.2) is 0 Å². The molecule has 6 nitrogen and oxygen atoms in total. The molecule has 0 aliphatic carbocycles. The predicted octanol–water partition coefficient (Wildman–Crippen LogP) is 1.81. The number of nitrogens with one attached hydrogen (secondary N) is 2. The van der Waals surface area contributed by atoms with Gasteiger partial charge in [0, 0.05) is 30.3 Å². The van der Waals surface area contributed by atoms with Gasteiger partial charge in [0.25, 0.3) is 0 Å². The van der Waals surface area contributed by atoms with Crippen LogP contribution in [0.25, 0.3) is 0 Å². The molecule has 2 unspecified atom stereocenters. The summed E-state index contributed by atoms with van der Waals surface area (Å²) in [6.07, 6.45) is -1.45. The number of aliphatic hydroxyl groups excluding tert-OH is 2. The van der Waals surface area contributed by atoms with Gasteiger partial charge in [-0.1, -0.05) is 30.3 Å². The van der Waals surface area contributed by atoms with E-state index < -0.39 is 18.1 Å². The summed E-state index contributed by atoms with van der Waals surface area (Å²) < 4.78 is 5.17. The van der Waals surface area contributed by atoms with Crippen molar-refractivity contribution in [3.05, 3.63) is 60.2 Å². The van der Waals surface area contributed by atoms with Gasteiger partial charge in [0.1, 0.15) is 11.9 Å². The number of benzene rings is 2. The molecular formula is C21H28N2O4S. The molecule has 4 N–H and O–H groups in total. The van der Waals surface area contributed by atoms with Gasteiger partial charge < -0.3 is 25.6 Å². The van der Waals surface area contributed by atoms with E-state index >= 15 is 0 Å². The first-order valence-corrected chi connectivity index (χ1v) is 10.2. The van der Waals surface area contributed by atoms with Crippen molar-refractivity contribution >= 4 is 17.7 Å². The van der Waals surface area contributed by atoms with Crippen LogP contribution >= 0.6 is 11.8 Å². The molecule has 2 aromatic carbocycles. The molecule has 0 bridgehead atoms. The second-order valence-corrected chi connectivity index (χ2v) is 7.52. The van der Waals surface area contributed by atoms with Crippen LogP contribution in [-0.4, -0.2) is 54.3 Å². The standard InChI is InChI=1S/C21H28N2O4S/c1-27-18-7-5-6-16(12-18)13-22-14-17(24)15-23-21(26)20(25)10-11-28-19-8-3-2-4-9-19/h2-9,12,17,20,22,24-25H,10-11,13-15H2,1H3,(H,23,26). The highest BCUT2D eigenvalue weighted by Gasteiger charge is 2.15. The fourth-order valence-corrected chi connectivity index (χ4v) is 3.44. The zero-order valence-electron chi connectivity index (χ0n) is 16.0. The summed E-state index contributed by atoms with van der Waals surface area (Å²) in [5.41, 5.74) is 1.04. The molecule has 152 valence electrons. The van der Waals surface area contributed by atoms with Gasteiger partial charge in [-0.2, -0.15) is 0 Å². The Morgan fingerprint density at radius 1 is 1.11 bits per heavy atom. The van der Waals surface area contributed by atoms with Gasteiger partial charge in [0.2, 0.25) is 5.91 Å². The Bertz CT molecular complexity index is 715. The summed E-state index contributed by atoms with van der Waals surface area (Å²) in [5.74, 6) is 0.968. The van der Waals surface area contributed by atoms with Crippen LogP contribution in [0.4, 0.5) is 0 Å². The van der Waals surface area contributed by atoms with Crippen LogP contribution in [-0.2, 0) is 11.3 Å². The number of methoxy groups -OCH3 is 1. The maximum atomic E-state index is 11.9. The van der Waals surface area contributed by atoms with Gasteiger partial charge in [-0.05, 0) is 36.2 Å². The highest BCUT2D eigenvalue weighted by Crippen LogP contribution is 2.18. The minimum atomic E-state index is -1.08. The molecule has 28 heavy (non-hydrogen) atoms. The Hall–Kier alpha value is -2.06. The van der Waals surface area contributed by atoms with Crippen molar-refractivity contribution in [2.75, 3.05) is 26.0 Å². The van der Waals surface area contributed by atoms with Crippen molar-refractivity contribution < 1.29 is 19.7 Å². The highest BCUT2D eigenvalue weighted by molar-refractivity contribution is 7.99. The van der Waals surface area contributed by atoms with Gasteiger partial charge >= 0.3 is 0 Å². The number of hydrogen-bond acceptors (Lipinski definition) is 6. The Morgan fingerprint density at radius 2 is 1.89 bits per heavy atom. The summed E-state index contributed by atoms with van der Waals surface area (Å²) in [4.78, 5) is 13.0. The topological polar surface area (TPSA) is 90.8 Å². The van der Waals surface area contributed by atoms with E-state index in [1.54, 1.807) is 18.9 Å². The Morgan fingerprint density at radius 3 is 2.64 bits per heavy atom. The lowest BCUT2D eigenvalue weighted by molar-refractivity contribution is -0.129. The Balaban J connectivity index is 1.59. The van der Waals surface area contributed by atoms with Gasteiger partial charge in [-0.25, -0.2) is 0 Å². The summed E-state index contributed by atoms with van der Waals surface area (Å²) in [6, 6.07) is 17.5. The smallest absolute Gasteiger partial charge is 0.248 e. The monoisotopic (exact) mass is 404 g/mol. The largest absolute Gasteiger partial charge is 0.497 e. The molecule has 0 aromatic heterocycles. The minimum absolute atomic E-state index is 0.0901. The number of aliphatic hydroxyl groups is 2. The molecule has 0 aliphatic heterocycles. The van der Waals surface area contributed by atoms with Crippen LogP contribution < -0.4 is 15.4 Å². The average Bonchev–Trinajstić information content (AvgIpc) is 2.72. The third-order valence-electron chi connectivity index (χ3n) is 4.06. The van der Waals surface area contributed by atoms with Crippen LogP contribution in [0.15, 0.2) is 59.5 Å². The zero-order chi connectivity index (χ0) is 20.2. The first-order valence-electron chi connectivity index (χ1n) is 9.24. The van der Waals surface area contributed by atoms with Gasteiger partial charge in [-0.3, -0.25) is 4.79 Å². The first-order chi connectivity index (χ1) is 13.6. The van der Waals surface area contributed by atoms with Crippen molar-refractivity contribution in [1.82, 2.24) is 10.6 Å². The van der Waals surface area contributed by atoms with Crippen LogP contribution in [0.3, 0.4) is 0 Å². The summed E-state index contributed by atoms with van der Waals surface area (Å²) in [7, 11) is 1.62. The van der Waals surface area contributed by atoms with E-state index in [1.165, 1.54) is 0 Å². The summed E-state index contributed by atoms with van der Waals surface area (Å²) >= 11 is 1.59. The number of rotatable bonds is 12. The molecular weight excluding hydrogens is 376 g/mol. The lowest BCUT2D eigenvalue weighted by Gasteiger charge is -2.15. The van der Waals surface area contributed by atoms with Gasteiger partial charge in [0.05, 0.1) is 13.2 Å². The van der Waals surface area contributed by atoms with E-state index in [4.69, 9.17) is 4.74 Å². The molecule has 2 rings (SSSR count). The van der Waals surface area contributed by atoms with E-state index in [2.05, 4.69) is 10.6 Å². The van der Waals surface area contributed by atoms with Crippen molar-refractivity contribution in [3.63, 3.8) is 0 Å². The van der Waals surface area contributed by atoms with E-state index in [9.17, 15) is 15.0 Å². The maximum absolute atomic E-state index is 11.9. The number of carbonyl (C=O) groups excluding carboxylic acids is 1. The van der Waals surface area contributed by atoms with Crippen molar-refractivity contribution in [3.8, 4) is 5.75 Å². The first kappa shape index (κ1) is 22.2. The fraction of sp³-hybridized carbons (Fsp3) is 0.381. The molecule has 0 aliphatic rings. The van der Waals surface area contributed by atoms with Crippen molar-refractivity contribution in [1.29, 1.82) is 0 Å². The summed E-state index contributed by atoms with van der Waals surface area (Å²) in [6.45, 7) is 1.01. The van der Waals surface area contributed by atoms with E-state index in [1.807, 2.05) is 54.6 Å². The number of hydrogen-bond donors (Lipinski definition) is 4. The van der Waals surface area contributed by atoms with E-state index in [0.717, 1.165) is 16.2 Å². The Kier molecular flexibility index (Phi) is 9.85. The van der Waals surface area contributed by atoms with Crippen molar-refractivity contribution in [2.45, 2.75) is 30.1 Å². The molecule has 0 spiro atoms. The minimum Gasteiger partial charge on any atom is -0.497 e.